The monoisotopic (exact) mass is 464 g/mol. The molecule has 2 atom stereocenters. The molecule has 1 fully saturated rings. The van der Waals surface area contributed by atoms with Gasteiger partial charge >= 0.3 is 0 Å². The highest BCUT2D eigenvalue weighted by Gasteiger charge is 2.37. The lowest BCUT2D eigenvalue weighted by molar-refractivity contribution is -0.162. The smallest absolute Gasteiger partial charge is 0.255 e. The second-order valence-electron chi connectivity index (χ2n) is 7.94. The van der Waals surface area contributed by atoms with Crippen molar-refractivity contribution in [3.8, 4) is 5.75 Å². The quantitative estimate of drug-likeness (QED) is 0.559. The molecule has 34 heavy (non-hydrogen) atoms. The van der Waals surface area contributed by atoms with E-state index in [2.05, 4.69) is 5.32 Å². The molecule has 4 rings (SSSR count). The van der Waals surface area contributed by atoms with Gasteiger partial charge < -0.3 is 24.8 Å². The predicted molar refractivity (Wildman–Crippen MR) is 124 cm³/mol. The van der Waals surface area contributed by atoms with Crippen molar-refractivity contribution in [2.75, 3.05) is 25.6 Å². The summed E-state index contributed by atoms with van der Waals surface area (Å²) in [5.74, 6) is -0.393. The molecule has 8 heteroatoms. The van der Waals surface area contributed by atoms with Gasteiger partial charge in [0.05, 0.1) is 19.8 Å². The lowest BCUT2D eigenvalue weighted by atomic mass is 9.98. The lowest BCUT2D eigenvalue weighted by Crippen LogP contribution is -2.52. The zero-order valence-electron chi connectivity index (χ0n) is 18.6. The molecule has 7 nitrogen and oxygen atoms in total. The van der Waals surface area contributed by atoms with Gasteiger partial charge in [-0.05, 0) is 53.6 Å². The molecule has 1 aliphatic rings. The van der Waals surface area contributed by atoms with Crippen LogP contribution in [0, 0.1) is 5.82 Å². The number of rotatable bonds is 7. The number of aliphatic hydroxyl groups excluding tert-OH is 1. The standard InChI is InChI=1S/C26H25FN2O5/c1-33-22-11-5-17(6-12-22)14-29-23(15-30)25(34-16-24(29)31)18-7-9-21(10-8-18)28-26(32)19-3-2-4-20(27)13-19/h2-13,23,25,30H,14-16H2,1H3,(H,28,32)/t23-,25-/m1/s1. The lowest BCUT2D eigenvalue weighted by Gasteiger charge is -2.40. The van der Waals surface area contributed by atoms with Gasteiger partial charge in [-0.15, -0.1) is 0 Å². The van der Waals surface area contributed by atoms with Gasteiger partial charge in [0.2, 0.25) is 5.91 Å². The highest BCUT2D eigenvalue weighted by Crippen LogP contribution is 2.31. The van der Waals surface area contributed by atoms with Gasteiger partial charge in [-0.25, -0.2) is 4.39 Å². The highest BCUT2D eigenvalue weighted by atomic mass is 19.1. The van der Waals surface area contributed by atoms with E-state index < -0.39 is 23.9 Å². The van der Waals surface area contributed by atoms with Crippen LogP contribution in [0.15, 0.2) is 72.8 Å². The molecule has 2 amide bonds. The van der Waals surface area contributed by atoms with Crippen LogP contribution in [0.1, 0.15) is 27.6 Å². The van der Waals surface area contributed by atoms with E-state index in [9.17, 15) is 19.1 Å². The fourth-order valence-corrected chi connectivity index (χ4v) is 3.94. The van der Waals surface area contributed by atoms with E-state index in [0.717, 1.165) is 16.9 Å². The van der Waals surface area contributed by atoms with Gasteiger partial charge in [0, 0.05) is 17.8 Å². The Morgan fingerprint density at radius 3 is 2.53 bits per heavy atom. The SMILES string of the molecule is COc1ccc(CN2C(=O)CO[C@H](c3ccc(NC(=O)c4cccc(F)c4)cc3)[C@H]2CO)cc1. The molecule has 3 aromatic carbocycles. The fourth-order valence-electron chi connectivity index (χ4n) is 3.94. The van der Waals surface area contributed by atoms with Crippen molar-refractivity contribution in [1.82, 2.24) is 4.90 Å². The number of hydrogen-bond acceptors (Lipinski definition) is 5. The molecule has 0 bridgehead atoms. The Kier molecular flexibility index (Phi) is 7.20. The number of nitrogens with one attached hydrogen (secondary N) is 1. The summed E-state index contributed by atoms with van der Waals surface area (Å²) in [6.07, 6.45) is -0.533. The summed E-state index contributed by atoms with van der Waals surface area (Å²) in [5, 5.41) is 12.8. The molecule has 1 aliphatic heterocycles. The van der Waals surface area contributed by atoms with Gasteiger partial charge in [-0.3, -0.25) is 9.59 Å². The van der Waals surface area contributed by atoms with Gasteiger partial charge in [0.25, 0.3) is 5.91 Å². The molecule has 0 radical (unpaired) electrons. The van der Waals surface area contributed by atoms with Crippen molar-refractivity contribution < 1.29 is 28.6 Å². The maximum atomic E-state index is 13.4. The molecular formula is C26H25FN2O5. The molecule has 1 saturated heterocycles. The van der Waals surface area contributed by atoms with Crippen molar-refractivity contribution in [3.05, 3.63) is 95.3 Å². The topological polar surface area (TPSA) is 88.1 Å². The van der Waals surface area contributed by atoms with E-state index in [1.54, 1.807) is 36.3 Å². The first-order chi connectivity index (χ1) is 16.5. The van der Waals surface area contributed by atoms with Gasteiger partial charge in [0.1, 0.15) is 24.3 Å². The summed E-state index contributed by atoms with van der Waals surface area (Å²) in [6.45, 7) is -0.0459. The van der Waals surface area contributed by atoms with Crippen molar-refractivity contribution in [1.29, 1.82) is 0 Å². The molecule has 0 saturated carbocycles. The first-order valence-corrected chi connectivity index (χ1v) is 10.8. The number of halogens is 1. The molecule has 0 aromatic heterocycles. The minimum atomic E-state index is -0.573. The third-order valence-electron chi connectivity index (χ3n) is 5.74. The number of morpholine rings is 1. The summed E-state index contributed by atoms with van der Waals surface area (Å²) in [4.78, 5) is 26.6. The van der Waals surface area contributed by atoms with Gasteiger partial charge in [-0.2, -0.15) is 0 Å². The Morgan fingerprint density at radius 1 is 1.15 bits per heavy atom. The molecule has 0 aliphatic carbocycles. The van der Waals surface area contributed by atoms with Crippen LogP contribution in [-0.2, 0) is 16.1 Å². The maximum absolute atomic E-state index is 13.4. The first kappa shape index (κ1) is 23.4. The molecule has 2 N–H and O–H groups in total. The van der Waals surface area contributed by atoms with Crippen LogP contribution in [0.5, 0.6) is 5.75 Å². The Balaban J connectivity index is 1.47. The van der Waals surface area contributed by atoms with Crippen molar-refractivity contribution in [3.63, 3.8) is 0 Å². The Bertz CT molecular complexity index is 1150. The zero-order chi connectivity index (χ0) is 24.1. The van der Waals surface area contributed by atoms with Crippen LogP contribution in [0.25, 0.3) is 0 Å². The Hall–Kier alpha value is -3.75. The van der Waals surface area contributed by atoms with Crippen LogP contribution >= 0.6 is 0 Å². The summed E-state index contributed by atoms with van der Waals surface area (Å²) in [5.41, 5.74) is 2.41. The molecule has 3 aromatic rings. The van der Waals surface area contributed by atoms with Crippen LogP contribution in [0.2, 0.25) is 0 Å². The maximum Gasteiger partial charge on any atom is 0.255 e. The van der Waals surface area contributed by atoms with E-state index in [1.165, 1.54) is 24.3 Å². The number of nitrogens with zero attached hydrogens (tertiary/aromatic N) is 1. The number of anilines is 1. The summed E-state index contributed by atoms with van der Waals surface area (Å²) in [7, 11) is 1.59. The average Bonchev–Trinajstić information content (AvgIpc) is 2.86. The van der Waals surface area contributed by atoms with Crippen molar-refractivity contribution in [2.24, 2.45) is 0 Å². The fraction of sp³-hybridized carbons (Fsp3) is 0.231. The minimum Gasteiger partial charge on any atom is -0.497 e. The molecule has 0 unspecified atom stereocenters. The second kappa shape index (κ2) is 10.5. The molecule has 1 heterocycles. The van der Waals surface area contributed by atoms with E-state index in [-0.39, 0.29) is 24.7 Å². The summed E-state index contributed by atoms with van der Waals surface area (Å²) < 4.78 is 24.3. The summed E-state index contributed by atoms with van der Waals surface area (Å²) >= 11 is 0. The molecule has 176 valence electrons. The third-order valence-corrected chi connectivity index (χ3v) is 5.74. The van der Waals surface area contributed by atoms with Crippen LogP contribution in [0.3, 0.4) is 0 Å². The van der Waals surface area contributed by atoms with Crippen LogP contribution in [-0.4, -0.2) is 48.2 Å². The number of benzene rings is 3. The van der Waals surface area contributed by atoms with Crippen molar-refractivity contribution >= 4 is 17.5 Å². The largest absolute Gasteiger partial charge is 0.497 e. The van der Waals surface area contributed by atoms with Gasteiger partial charge in [0.15, 0.2) is 0 Å². The molecule has 0 spiro atoms. The number of methoxy groups -OCH3 is 1. The summed E-state index contributed by atoms with van der Waals surface area (Å²) in [6, 6.07) is 19.2. The third kappa shape index (κ3) is 5.24. The van der Waals surface area contributed by atoms with E-state index in [0.29, 0.717) is 12.2 Å². The van der Waals surface area contributed by atoms with Crippen LogP contribution in [0.4, 0.5) is 10.1 Å². The zero-order valence-corrected chi connectivity index (χ0v) is 18.6. The second-order valence-corrected chi connectivity index (χ2v) is 7.94. The predicted octanol–water partition coefficient (Wildman–Crippen LogP) is 3.55. The van der Waals surface area contributed by atoms with Crippen molar-refractivity contribution in [2.45, 2.75) is 18.7 Å². The van der Waals surface area contributed by atoms with Gasteiger partial charge in [-0.1, -0.05) is 30.3 Å². The number of carbonyl (C=O) groups is 2. The van der Waals surface area contributed by atoms with E-state index >= 15 is 0 Å². The number of ether oxygens (including phenoxy) is 2. The number of aliphatic hydroxyl groups is 1. The van der Waals surface area contributed by atoms with E-state index in [1.807, 2.05) is 24.3 Å². The Labute approximate surface area is 196 Å². The number of carbonyl (C=O) groups excluding carboxylic acids is 2. The first-order valence-electron chi connectivity index (χ1n) is 10.8. The van der Waals surface area contributed by atoms with E-state index in [4.69, 9.17) is 9.47 Å². The Morgan fingerprint density at radius 2 is 1.88 bits per heavy atom. The average molecular weight is 464 g/mol. The number of amides is 2. The number of hydrogen-bond donors (Lipinski definition) is 2. The molecular weight excluding hydrogens is 439 g/mol. The van der Waals surface area contributed by atoms with Crippen LogP contribution < -0.4 is 10.1 Å². The minimum absolute atomic E-state index is 0.102. The highest BCUT2D eigenvalue weighted by molar-refractivity contribution is 6.04. The normalized spacial score (nSPS) is 18.0.